The van der Waals surface area contributed by atoms with Crippen LogP contribution in [0.4, 0.5) is 5.69 Å². The first-order chi connectivity index (χ1) is 8.47. The minimum Gasteiger partial charge on any atom is -0.481 e. The lowest BCUT2D eigenvalue weighted by molar-refractivity contribution is -0.140. The Morgan fingerprint density at radius 3 is 2.72 bits per heavy atom. The Morgan fingerprint density at radius 2 is 2.17 bits per heavy atom. The maximum Gasteiger partial charge on any atom is 0.308 e. The Kier molecular flexibility index (Phi) is 4.73. The highest BCUT2D eigenvalue weighted by Gasteiger charge is 2.17. The van der Waals surface area contributed by atoms with Crippen LogP contribution in [0.15, 0.2) is 18.2 Å². The molecule has 1 aromatic carbocycles. The van der Waals surface area contributed by atoms with Crippen LogP contribution >= 0.6 is 0 Å². The molecule has 0 amide bonds. The predicted molar refractivity (Wildman–Crippen MR) is 70.5 cm³/mol. The minimum absolute atomic E-state index is 0.196. The van der Waals surface area contributed by atoms with Gasteiger partial charge in [0.15, 0.2) is 0 Å². The number of benzene rings is 1. The fourth-order valence-corrected chi connectivity index (χ4v) is 1.82. The first-order valence-electron chi connectivity index (χ1n) is 5.88. The van der Waals surface area contributed by atoms with Crippen molar-refractivity contribution in [3.63, 3.8) is 0 Å². The molecule has 1 rings (SSSR count). The van der Waals surface area contributed by atoms with Crippen LogP contribution in [-0.2, 0) is 4.79 Å². The van der Waals surface area contributed by atoms with Crippen molar-refractivity contribution in [1.29, 1.82) is 5.26 Å². The Balaban J connectivity index is 3.01. The molecule has 0 aromatic heterocycles. The van der Waals surface area contributed by atoms with E-state index < -0.39 is 11.9 Å². The number of carboxylic acid groups (broad SMARTS) is 1. The molecule has 0 saturated heterocycles. The lowest BCUT2D eigenvalue weighted by atomic mass is 10.1. The van der Waals surface area contributed by atoms with Gasteiger partial charge in [-0.1, -0.05) is 19.1 Å². The van der Waals surface area contributed by atoms with E-state index in [-0.39, 0.29) is 6.54 Å². The maximum absolute atomic E-state index is 10.9. The molecular weight excluding hydrogens is 228 g/mol. The van der Waals surface area contributed by atoms with Crippen molar-refractivity contribution in [3.05, 3.63) is 29.3 Å². The second-order valence-electron chi connectivity index (χ2n) is 4.50. The molecule has 1 unspecified atom stereocenters. The van der Waals surface area contributed by atoms with Crippen molar-refractivity contribution in [2.75, 3.05) is 18.0 Å². The number of nitriles is 1. The number of hydrogen-bond donors (Lipinski definition) is 1. The molecule has 0 aliphatic carbocycles. The summed E-state index contributed by atoms with van der Waals surface area (Å²) in [6.45, 7) is 6.18. The fraction of sp³-hybridized carbons (Fsp3) is 0.429. The molecule has 96 valence electrons. The van der Waals surface area contributed by atoms with Gasteiger partial charge in [0.2, 0.25) is 0 Å². The molecule has 0 spiro atoms. The number of rotatable bonds is 5. The number of aliphatic carboxylic acids is 1. The van der Waals surface area contributed by atoms with E-state index in [2.05, 4.69) is 6.07 Å². The molecule has 0 fully saturated rings. The SMILES string of the molecule is Cc1cccc(N(CC#N)CC(C)C(=O)O)c1C. The van der Waals surface area contributed by atoms with Crippen molar-refractivity contribution in [2.24, 2.45) is 5.92 Å². The highest BCUT2D eigenvalue weighted by Crippen LogP contribution is 2.23. The third-order valence-electron chi connectivity index (χ3n) is 3.09. The lowest BCUT2D eigenvalue weighted by Crippen LogP contribution is -2.32. The number of anilines is 1. The zero-order chi connectivity index (χ0) is 13.7. The minimum atomic E-state index is -0.844. The molecule has 0 aliphatic rings. The molecule has 18 heavy (non-hydrogen) atoms. The Hall–Kier alpha value is -2.02. The monoisotopic (exact) mass is 246 g/mol. The van der Waals surface area contributed by atoms with Crippen LogP contribution in [0.3, 0.4) is 0 Å². The summed E-state index contributed by atoms with van der Waals surface area (Å²) in [6, 6.07) is 7.94. The lowest BCUT2D eigenvalue weighted by Gasteiger charge is -2.26. The summed E-state index contributed by atoms with van der Waals surface area (Å²) < 4.78 is 0. The van der Waals surface area contributed by atoms with E-state index in [9.17, 15) is 4.79 Å². The summed E-state index contributed by atoms with van der Waals surface area (Å²) in [4.78, 5) is 12.7. The highest BCUT2D eigenvalue weighted by atomic mass is 16.4. The van der Waals surface area contributed by atoms with Gasteiger partial charge < -0.3 is 10.0 Å². The number of nitrogens with zero attached hydrogens (tertiary/aromatic N) is 2. The average Bonchev–Trinajstić information content (AvgIpc) is 2.32. The molecule has 1 aromatic rings. The van der Waals surface area contributed by atoms with Crippen LogP contribution in [0.2, 0.25) is 0 Å². The van der Waals surface area contributed by atoms with Gasteiger partial charge in [0.05, 0.1) is 12.0 Å². The van der Waals surface area contributed by atoms with E-state index in [1.807, 2.05) is 36.9 Å². The van der Waals surface area contributed by atoms with Gasteiger partial charge in [-0.2, -0.15) is 5.26 Å². The van der Waals surface area contributed by atoms with Gasteiger partial charge in [-0.05, 0) is 31.0 Å². The topological polar surface area (TPSA) is 64.3 Å². The van der Waals surface area contributed by atoms with E-state index in [0.29, 0.717) is 6.54 Å². The zero-order valence-electron chi connectivity index (χ0n) is 11.0. The first-order valence-corrected chi connectivity index (χ1v) is 5.88. The molecule has 0 saturated carbocycles. The molecule has 1 atom stereocenters. The van der Waals surface area contributed by atoms with Gasteiger partial charge in [-0.3, -0.25) is 4.79 Å². The molecule has 1 N–H and O–H groups in total. The summed E-state index contributed by atoms with van der Waals surface area (Å²) in [7, 11) is 0. The highest BCUT2D eigenvalue weighted by molar-refractivity contribution is 5.71. The molecular formula is C14H18N2O2. The van der Waals surface area contributed by atoms with Crippen molar-refractivity contribution in [3.8, 4) is 6.07 Å². The second kappa shape index (κ2) is 6.06. The van der Waals surface area contributed by atoms with Gasteiger partial charge in [0.1, 0.15) is 6.54 Å². The summed E-state index contributed by atoms with van der Waals surface area (Å²) >= 11 is 0. The van der Waals surface area contributed by atoms with Crippen LogP contribution in [0.5, 0.6) is 0 Å². The zero-order valence-corrected chi connectivity index (χ0v) is 11.0. The van der Waals surface area contributed by atoms with Crippen LogP contribution < -0.4 is 4.90 Å². The van der Waals surface area contributed by atoms with Crippen LogP contribution in [-0.4, -0.2) is 24.2 Å². The third-order valence-corrected chi connectivity index (χ3v) is 3.09. The van der Waals surface area contributed by atoms with Gasteiger partial charge in [0, 0.05) is 12.2 Å². The van der Waals surface area contributed by atoms with Crippen molar-refractivity contribution < 1.29 is 9.90 Å². The number of hydrogen-bond acceptors (Lipinski definition) is 3. The first kappa shape index (κ1) is 14.0. The van der Waals surface area contributed by atoms with E-state index >= 15 is 0 Å². The standard InChI is InChI=1S/C14H18N2O2/c1-10-5-4-6-13(12(10)3)16(8-7-15)9-11(2)14(17)18/h4-6,11H,8-9H2,1-3H3,(H,17,18). The molecule has 0 aliphatic heterocycles. The summed E-state index contributed by atoms with van der Waals surface area (Å²) in [6.07, 6.45) is 0. The van der Waals surface area contributed by atoms with Gasteiger partial charge >= 0.3 is 5.97 Å². The van der Waals surface area contributed by atoms with Crippen LogP contribution in [0, 0.1) is 31.1 Å². The van der Waals surface area contributed by atoms with Crippen molar-refractivity contribution in [2.45, 2.75) is 20.8 Å². The summed E-state index contributed by atoms with van der Waals surface area (Å²) in [5.41, 5.74) is 3.16. The van der Waals surface area contributed by atoms with E-state index in [1.54, 1.807) is 6.92 Å². The average molecular weight is 246 g/mol. The Labute approximate surface area is 107 Å². The van der Waals surface area contributed by atoms with Crippen molar-refractivity contribution in [1.82, 2.24) is 0 Å². The smallest absolute Gasteiger partial charge is 0.308 e. The largest absolute Gasteiger partial charge is 0.481 e. The van der Waals surface area contributed by atoms with Gasteiger partial charge in [-0.15, -0.1) is 0 Å². The molecule has 0 bridgehead atoms. The molecule has 0 heterocycles. The normalized spacial score (nSPS) is 11.7. The second-order valence-corrected chi connectivity index (χ2v) is 4.50. The number of carboxylic acids is 1. The quantitative estimate of drug-likeness (QED) is 0.810. The fourth-order valence-electron chi connectivity index (χ4n) is 1.82. The van der Waals surface area contributed by atoms with Gasteiger partial charge in [0.25, 0.3) is 0 Å². The Bertz CT molecular complexity index is 477. The van der Waals surface area contributed by atoms with Crippen LogP contribution in [0.25, 0.3) is 0 Å². The molecule has 0 radical (unpaired) electrons. The number of aryl methyl sites for hydroxylation is 1. The number of carbonyl (C=O) groups is 1. The van der Waals surface area contributed by atoms with E-state index in [1.165, 1.54) is 0 Å². The summed E-state index contributed by atoms with van der Waals surface area (Å²) in [5.74, 6) is -1.35. The van der Waals surface area contributed by atoms with Crippen molar-refractivity contribution >= 4 is 11.7 Å². The van der Waals surface area contributed by atoms with E-state index in [4.69, 9.17) is 10.4 Å². The predicted octanol–water partition coefficient (Wildman–Crippen LogP) is 2.35. The Morgan fingerprint density at radius 1 is 1.50 bits per heavy atom. The van der Waals surface area contributed by atoms with Crippen LogP contribution in [0.1, 0.15) is 18.1 Å². The molecule has 4 nitrogen and oxygen atoms in total. The van der Waals surface area contributed by atoms with E-state index in [0.717, 1.165) is 16.8 Å². The third kappa shape index (κ3) is 3.24. The van der Waals surface area contributed by atoms with Gasteiger partial charge in [-0.25, -0.2) is 0 Å². The molecule has 4 heteroatoms. The maximum atomic E-state index is 10.9. The summed E-state index contributed by atoms with van der Waals surface area (Å²) in [5, 5.41) is 17.8.